The van der Waals surface area contributed by atoms with Gasteiger partial charge in [-0.05, 0) is 6.42 Å². The van der Waals surface area contributed by atoms with E-state index in [1.807, 2.05) is 0 Å². The standard InChI is InChI=1S/C11H22O4/c1-2-3-4-6-10(13)9-11(14)15-8-5-7-12/h10,12-13H,2-9H2,1H3. The van der Waals surface area contributed by atoms with E-state index < -0.39 is 6.10 Å². The zero-order valence-electron chi connectivity index (χ0n) is 9.45. The fraction of sp³-hybridized carbons (Fsp3) is 0.909. The second-order valence-electron chi connectivity index (χ2n) is 3.65. The summed E-state index contributed by atoms with van der Waals surface area (Å²) in [5.74, 6) is -0.382. The molecule has 0 fully saturated rings. The smallest absolute Gasteiger partial charge is 0.308 e. The largest absolute Gasteiger partial charge is 0.466 e. The molecule has 0 saturated carbocycles. The van der Waals surface area contributed by atoms with Crippen LogP contribution in [0.15, 0.2) is 0 Å². The summed E-state index contributed by atoms with van der Waals surface area (Å²) in [5.41, 5.74) is 0. The van der Waals surface area contributed by atoms with Crippen molar-refractivity contribution in [1.29, 1.82) is 0 Å². The number of ether oxygens (including phenoxy) is 1. The van der Waals surface area contributed by atoms with Gasteiger partial charge >= 0.3 is 5.97 Å². The number of unbranched alkanes of at least 4 members (excludes halogenated alkanes) is 2. The number of carbonyl (C=O) groups excluding carboxylic acids is 1. The van der Waals surface area contributed by atoms with Crippen LogP contribution < -0.4 is 0 Å². The van der Waals surface area contributed by atoms with Crippen LogP contribution in [0.5, 0.6) is 0 Å². The average Bonchev–Trinajstić information content (AvgIpc) is 2.18. The van der Waals surface area contributed by atoms with Gasteiger partial charge in [-0.1, -0.05) is 26.2 Å². The van der Waals surface area contributed by atoms with E-state index in [9.17, 15) is 9.90 Å². The molecule has 4 nitrogen and oxygen atoms in total. The second-order valence-corrected chi connectivity index (χ2v) is 3.65. The fourth-order valence-corrected chi connectivity index (χ4v) is 1.23. The highest BCUT2D eigenvalue weighted by atomic mass is 16.5. The van der Waals surface area contributed by atoms with Gasteiger partial charge in [0.25, 0.3) is 0 Å². The van der Waals surface area contributed by atoms with E-state index in [2.05, 4.69) is 6.92 Å². The van der Waals surface area contributed by atoms with Crippen LogP contribution in [0.4, 0.5) is 0 Å². The molecule has 0 radical (unpaired) electrons. The minimum absolute atomic E-state index is 0.0202. The third kappa shape index (κ3) is 9.69. The maximum Gasteiger partial charge on any atom is 0.308 e. The van der Waals surface area contributed by atoms with Gasteiger partial charge < -0.3 is 14.9 Å². The van der Waals surface area contributed by atoms with E-state index >= 15 is 0 Å². The third-order valence-corrected chi connectivity index (χ3v) is 2.11. The molecule has 0 aromatic heterocycles. The van der Waals surface area contributed by atoms with Gasteiger partial charge in [-0.2, -0.15) is 0 Å². The molecule has 15 heavy (non-hydrogen) atoms. The van der Waals surface area contributed by atoms with Gasteiger partial charge in [0.05, 0.1) is 19.1 Å². The Balaban J connectivity index is 3.40. The Kier molecular flexibility index (Phi) is 9.52. The number of rotatable bonds is 9. The first-order valence-electron chi connectivity index (χ1n) is 5.65. The van der Waals surface area contributed by atoms with Crippen molar-refractivity contribution in [2.24, 2.45) is 0 Å². The van der Waals surface area contributed by atoms with Crippen LogP contribution in [0.1, 0.15) is 45.4 Å². The van der Waals surface area contributed by atoms with Crippen molar-refractivity contribution in [3.63, 3.8) is 0 Å². The highest BCUT2D eigenvalue weighted by molar-refractivity contribution is 5.69. The quantitative estimate of drug-likeness (QED) is 0.451. The minimum atomic E-state index is -0.585. The van der Waals surface area contributed by atoms with E-state index in [-0.39, 0.29) is 25.6 Å². The van der Waals surface area contributed by atoms with Crippen molar-refractivity contribution in [1.82, 2.24) is 0 Å². The van der Waals surface area contributed by atoms with Gasteiger partial charge in [-0.25, -0.2) is 0 Å². The van der Waals surface area contributed by atoms with Crippen molar-refractivity contribution in [3.8, 4) is 0 Å². The molecule has 0 aliphatic heterocycles. The summed E-state index contributed by atoms with van der Waals surface area (Å²) in [4.78, 5) is 11.1. The molecule has 4 heteroatoms. The lowest BCUT2D eigenvalue weighted by molar-refractivity contribution is -0.146. The molecule has 0 saturated heterocycles. The van der Waals surface area contributed by atoms with Crippen LogP contribution in [-0.4, -0.2) is 35.5 Å². The number of esters is 1. The fourth-order valence-electron chi connectivity index (χ4n) is 1.23. The molecule has 2 N–H and O–H groups in total. The molecule has 0 aliphatic rings. The summed E-state index contributed by atoms with van der Waals surface area (Å²) in [6.45, 7) is 2.35. The van der Waals surface area contributed by atoms with Crippen LogP contribution >= 0.6 is 0 Å². The molecule has 0 bridgehead atoms. The Morgan fingerprint density at radius 2 is 2.07 bits per heavy atom. The summed E-state index contributed by atoms with van der Waals surface area (Å²) in [6.07, 6.45) is 3.72. The number of hydrogen-bond donors (Lipinski definition) is 2. The van der Waals surface area contributed by atoms with E-state index in [1.54, 1.807) is 0 Å². The van der Waals surface area contributed by atoms with Crippen molar-refractivity contribution in [3.05, 3.63) is 0 Å². The summed E-state index contributed by atoms with van der Waals surface area (Å²) in [5, 5.41) is 17.9. The van der Waals surface area contributed by atoms with Crippen molar-refractivity contribution in [2.75, 3.05) is 13.2 Å². The summed E-state index contributed by atoms with van der Waals surface area (Å²) >= 11 is 0. The van der Waals surface area contributed by atoms with Gasteiger partial charge in [0.2, 0.25) is 0 Å². The summed E-state index contributed by atoms with van der Waals surface area (Å²) in [6, 6.07) is 0. The molecule has 90 valence electrons. The molecular formula is C11H22O4. The lowest BCUT2D eigenvalue weighted by atomic mass is 10.1. The van der Waals surface area contributed by atoms with E-state index in [4.69, 9.17) is 9.84 Å². The molecule has 0 heterocycles. The molecule has 0 spiro atoms. The molecule has 1 unspecified atom stereocenters. The van der Waals surface area contributed by atoms with Crippen LogP contribution in [0.2, 0.25) is 0 Å². The first-order chi connectivity index (χ1) is 7.20. The lowest BCUT2D eigenvalue weighted by Gasteiger charge is -2.09. The summed E-state index contributed by atoms with van der Waals surface area (Å²) < 4.78 is 4.80. The molecular weight excluding hydrogens is 196 g/mol. The van der Waals surface area contributed by atoms with Crippen LogP contribution in [0, 0.1) is 0 Å². The van der Waals surface area contributed by atoms with Gasteiger partial charge in [0, 0.05) is 13.0 Å². The van der Waals surface area contributed by atoms with Gasteiger partial charge in [-0.3, -0.25) is 4.79 Å². The van der Waals surface area contributed by atoms with E-state index in [1.165, 1.54) is 0 Å². The monoisotopic (exact) mass is 218 g/mol. The Morgan fingerprint density at radius 3 is 2.67 bits per heavy atom. The average molecular weight is 218 g/mol. The Morgan fingerprint density at radius 1 is 1.33 bits per heavy atom. The zero-order valence-corrected chi connectivity index (χ0v) is 9.45. The molecule has 0 amide bonds. The number of aliphatic hydroxyl groups is 2. The SMILES string of the molecule is CCCCCC(O)CC(=O)OCCCO. The van der Waals surface area contributed by atoms with E-state index in [0.29, 0.717) is 12.8 Å². The number of hydrogen-bond acceptors (Lipinski definition) is 4. The first-order valence-corrected chi connectivity index (χ1v) is 5.65. The van der Waals surface area contributed by atoms with Gasteiger partial charge in [0.1, 0.15) is 0 Å². The first kappa shape index (κ1) is 14.4. The van der Waals surface area contributed by atoms with Crippen LogP contribution in [-0.2, 0) is 9.53 Å². The maximum atomic E-state index is 11.1. The Hall–Kier alpha value is -0.610. The summed E-state index contributed by atoms with van der Waals surface area (Å²) in [7, 11) is 0. The predicted octanol–water partition coefficient (Wildman–Crippen LogP) is 1.24. The highest BCUT2D eigenvalue weighted by Gasteiger charge is 2.11. The van der Waals surface area contributed by atoms with Gasteiger partial charge in [0.15, 0.2) is 0 Å². The normalized spacial score (nSPS) is 12.5. The lowest BCUT2D eigenvalue weighted by Crippen LogP contribution is -2.16. The molecule has 1 atom stereocenters. The number of aliphatic hydroxyl groups excluding tert-OH is 2. The van der Waals surface area contributed by atoms with E-state index in [0.717, 1.165) is 19.3 Å². The predicted molar refractivity (Wildman–Crippen MR) is 57.4 cm³/mol. The van der Waals surface area contributed by atoms with Crippen molar-refractivity contribution >= 4 is 5.97 Å². The minimum Gasteiger partial charge on any atom is -0.466 e. The zero-order chi connectivity index (χ0) is 11.5. The molecule has 0 aromatic carbocycles. The Bertz CT molecular complexity index is 159. The second kappa shape index (κ2) is 9.93. The highest BCUT2D eigenvalue weighted by Crippen LogP contribution is 2.07. The molecule has 0 rings (SSSR count). The maximum absolute atomic E-state index is 11.1. The van der Waals surface area contributed by atoms with Crippen LogP contribution in [0.3, 0.4) is 0 Å². The van der Waals surface area contributed by atoms with Crippen molar-refractivity contribution < 1.29 is 19.7 Å². The molecule has 0 aromatic rings. The molecule has 0 aliphatic carbocycles. The van der Waals surface area contributed by atoms with Gasteiger partial charge in [-0.15, -0.1) is 0 Å². The van der Waals surface area contributed by atoms with Crippen molar-refractivity contribution in [2.45, 2.75) is 51.6 Å². The number of carbonyl (C=O) groups is 1. The van der Waals surface area contributed by atoms with Crippen LogP contribution in [0.25, 0.3) is 0 Å². The Labute approximate surface area is 91.3 Å². The third-order valence-electron chi connectivity index (χ3n) is 2.11. The topological polar surface area (TPSA) is 66.8 Å².